The quantitative estimate of drug-likeness (QED) is 0.291. The summed E-state index contributed by atoms with van der Waals surface area (Å²) >= 11 is 0. The monoisotopic (exact) mass is 460 g/mol. The minimum absolute atomic E-state index is 0.0306. The summed E-state index contributed by atoms with van der Waals surface area (Å²) in [5.74, 6) is -0.403. The molecular weight excluding hydrogens is 440 g/mol. The fourth-order valence-corrected chi connectivity index (χ4v) is 4.02. The number of hydrogen-bond acceptors (Lipinski definition) is 7. The fourth-order valence-electron chi connectivity index (χ4n) is 4.02. The maximum Gasteiger partial charge on any atom is 0.269 e. The average molecular weight is 460 g/mol. The van der Waals surface area contributed by atoms with Gasteiger partial charge in [-0.15, -0.1) is 5.10 Å². The van der Waals surface area contributed by atoms with Crippen LogP contribution < -0.4 is 5.32 Å². The maximum atomic E-state index is 13.0. The lowest BCUT2D eigenvalue weighted by Gasteiger charge is -2.26. The summed E-state index contributed by atoms with van der Waals surface area (Å²) in [4.78, 5) is 37.6. The maximum absolute atomic E-state index is 13.0. The van der Waals surface area contributed by atoms with Gasteiger partial charge in [0.25, 0.3) is 17.5 Å². The number of non-ortho nitro benzene ring substituents is 1. The van der Waals surface area contributed by atoms with Crippen molar-refractivity contribution in [2.75, 3.05) is 13.1 Å². The van der Waals surface area contributed by atoms with Crippen LogP contribution in [-0.2, 0) is 19.4 Å². The number of carbonyl (C=O) groups excluding carboxylic acids is 2. The predicted octanol–water partition coefficient (Wildman–Crippen LogP) is 1.76. The molecule has 2 aromatic carbocycles. The first-order chi connectivity index (χ1) is 16.5. The predicted molar refractivity (Wildman–Crippen MR) is 120 cm³/mol. The van der Waals surface area contributed by atoms with Gasteiger partial charge in [0, 0.05) is 36.3 Å². The second-order valence-electron chi connectivity index (χ2n) is 7.97. The van der Waals surface area contributed by atoms with Crippen LogP contribution in [0.3, 0.4) is 0 Å². The highest BCUT2D eigenvalue weighted by Gasteiger charge is 2.28. The molecule has 0 fully saturated rings. The van der Waals surface area contributed by atoms with Crippen molar-refractivity contribution in [1.82, 2.24) is 35.8 Å². The van der Waals surface area contributed by atoms with Crippen LogP contribution in [0.1, 0.15) is 37.7 Å². The molecule has 1 aliphatic rings. The molecule has 0 unspecified atom stereocenters. The Morgan fingerprint density at radius 3 is 2.76 bits per heavy atom. The van der Waals surface area contributed by atoms with E-state index in [1.54, 1.807) is 35.2 Å². The molecule has 12 heteroatoms. The number of hydrogen-bond donors (Lipinski definition) is 3. The number of nitrogens with one attached hydrogen (secondary N) is 3. The summed E-state index contributed by atoms with van der Waals surface area (Å²) in [6, 6.07) is 11.4. The zero-order valence-electron chi connectivity index (χ0n) is 17.9. The highest BCUT2D eigenvalue weighted by molar-refractivity contribution is 5.97. The molecule has 3 heterocycles. The van der Waals surface area contributed by atoms with E-state index in [0.717, 1.165) is 16.6 Å². The highest BCUT2D eigenvalue weighted by Crippen LogP contribution is 2.22. The smallest absolute Gasteiger partial charge is 0.269 e. The lowest BCUT2D eigenvalue weighted by Crippen LogP contribution is -2.36. The number of aromatic amines is 2. The van der Waals surface area contributed by atoms with Crippen LogP contribution in [0.5, 0.6) is 0 Å². The van der Waals surface area contributed by atoms with E-state index in [1.807, 2.05) is 0 Å². The van der Waals surface area contributed by atoms with Crippen LogP contribution in [0.25, 0.3) is 11.0 Å². The molecule has 0 radical (unpaired) electrons. The molecule has 0 spiro atoms. The Bertz CT molecular complexity index is 1390. The first-order valence-electron chi connectivity index (χ1n) is 10.7. The van der Waals surface area contributed by atoms with Crippen molar-refractivity contribution < 1.29 is 14.5 Å². The summed E-state index contributed by atoms with van der Waals surface area (Å²) in [5.41, 5.74) is 4.69. The van der Waals surface area contributed by atoms with Crippen molar-refractivity contribution in [1.29, 1.82) is 0 Å². The van der Waals surface area contributed by atoms with Gasteiger partial charge in [0.15, 0.2) is 0 Å². The van der Waals surface area contributed by atoms with Crippen molar-refractivity contribution in [2.24, 2.45) is 0 Å². The second kappa shape index (κ2) is 8.73. The Kier molecular flexibility index (Phi) is 5.46. The van der Waals surface area contributed by atoms with Crippen molar-refractivity contribution in [3.8, 4) is 0 Å². The Morgan fingerprint density at radius 1 is 1.15 bits per heavy atom. The molecule has 34 heavy (non-hydrogen) atoms. The molecule has 0 saturated heterocycles. The van der Waals surface area contributed by atoms with Crippen LogP contribution >= 0.6 is 0 Å². The normalized spacial score (nSPS) is 13.0. The first-order valence-corrected chi connectivity index (χ1v) is 10.7. The lowest BCUT2D eigenvalue weighted by atomic mass is 10.0. The van der Waals surface area contributed by atoms with Gasteiger partial charge in [0.05, 0.1) is 22.7 Å². The Hall–Kier alpha value is -4.61. The van der Waals surface area contributed by atoms with Crippen LogP contribution in [0.15, 0.2) is 42.5 Å². The molecule has 2 amide bonds. The van der Waals surface area contributed by atoms with Gasteiger partial charge < -0.3 is 10.2 Å². The van der Waals surface area contributed by atoms with Gasteiger partial charge in [0.2, 0.25) is 0 Å². The minimum Gasteiger partial charge on any atom is -0.350 e. The standard InChI is InChI=1S/C22H20N8O4/c31-21(23-9-7-13-1-4-15(5-2-13)30(33)34)20-16-8-10-29(12-19(16)24-27-20)22(32)14-3-6-17-18(11-14)26-28-25-17/h1-6,11H,7-10,12H2,(H,23,31)(H,24,27)(H,25,26,28). The summed E-state index contributed by atoms with van der Waals surface area (Å²) < 4.78 is 0. The number of nitro groups is 1. The molecule has 4 aromatic rings. The minimum atomic E-state index is -0.448. The van der Waals surface area contributed by atoms with E-state index in [4.69, 9.17) is 0 Å². The average Bonchev–Trinajstić information content (AvgIpc) is 3.50. The number of benzene rings is 2. The summed E-state index contributed by atoms with van der Waals surface area (Å²) in [5, 5.41) is 31.1. The topological polar surface area (TPSA) is 163 Å². The number of aromatic nitrogens is 5. The second-order valence-corrected chi connectivity index (χ2v) is 7.97. The third-order valence-corrected chi connectivity index (χ3v) is 5.86. The van der Waals surface area contributed by atoms with Crippen LogP contribution in [-0.4, -0.2) is 60.3 Å². The van der Waals surface area contributed by atoms with E-state index >= 15 is 0 Å². The number of H-pyrrole nitrogens is 2. The van der Waals surface area contributed by atoms with Gasteiger partial charge in [-0.3, -0.25) is 29.9 Å². The van der Waals surface area contributed by atoms with E-state index in [2.05, 4.69) is 30.9 Å². The van der Waals surface area contributed by atoms with Gasteiger partial charge in [-0.2, -0.15) is 5.10 Å². The van der Waals surface area contributed by atoms with Gasteiger partial charge in [0.1, 0.15) is 11.2 Å². The van der Waals surface area contributed by atoms with Crippen molar-refractivity contribution >= 4 is 28.5 Å². The van der Waals surface area contributed by atoms with Gasteiger partial charge in [-0.05, 0) is 36.6 Å². The lowest BCUT2D eigenvalue weighted by molar-refractivity contribution is -0.384. The molecule has 0 atom stereocenters. The van der Waals surface area contributed by atoms with E-state index < -0.39 is 4.92 Å². The van der Waals surface area contributed by atoms with E-state index in [1.165, 1.54) is 12.1 Å². The largest absolute Gasteiger partial charge is 0.350 e. The van der Waals surface area contributed by atoms with Gasteiger partial charge in [-0.25, -0.2) is 0 Å². The van der Waals surface area contributed by atoms with E-state index in [0.29, 0.717) is 54.9 Å². The van der Waals surface area contributed by atoms with Crippen molar-refractivity contribution in [3.63, 3.8) is 0 Å². The molecule has 0 saturated carbocycles. The molecule has 0 aliphatic carbocycles. The Balaban J connectivity index is 1.20. The SMILES string of the molecule is O=C(NCCc1ccc([N+](=O)[O-])cc1)c1[nH]nc2c1CCN(C(=O)c1ccc3[nH]nnc3c1)C2. The number of carbonyl (C=O) groups is 2. The Labute approximate surface area is 192 Å². The van der Waals surface area contributed by atoms with Crippen molar-refractivity contribution in [2.45, 2.75) is 19.4 Å². The molecule has 1 aliphatic heterocycles. The van der Waals surface area contributed by atoms with E-state index in [-0.39, 0.29) is 17.5 Å². The van der Waals surface area contributed by atoms with Crippen molar-refractivity contribution in [3.05, 3.63) is 80.7 Å². The molecule has 5 rings (SSSR count). The fraction of sp³-hybridized carbons (Fsp3) is 0.227. The third kappa shape index (κ3) is 4.08. The number of fused-ring (bicyclic) bond motifs is 2. The van der Waals surface area contributed by atoms with Crippen LogP contribution in [0, 0.1) is 10.1 Å². The molecular formula is C22H20N8O4. The summed E-state index contributed by atoms with van der Waals surface area (Å²) in [6.45, 7) is 1.14. The number of rotatable bonds is 6. The molecule has 3 N–H and O–H groups in total. The molecule has 172 valence electrons. The highest BCUT2D eigenvalue weighted by atomic mass is 16.6. The summed E-state index contributed by atoms with van der Waals surface area (Å²) in [6.07, 6.45) is 1.05. The summed E-state index contributed by atoms with van der Waals surface area (Å²) in [7, 11) is 0. The number of nitrogens with zero attached hydrogens (tertiary/aromatic N) is 5. The number of nitro benzene ring substituents is 1. The van der Waals surface area contributed by atoms with Crippen LogP contribution in [0.4, 0.5) is 5.69 Å². The molecule has 2 aromatic heterocycles. The van der Waals surface area contributed by atoms with Crippen LogP contribution in [0.2, 0.25) is 0 Å². The molecule has 0 bridgehead atoms. The van der Waals surface area contributed by atoms with Gasteiger partial charge >= 0.3 is 0 Å². The number of amides is 2. The first kappa shape index (κ1) is 21.2. The van der Waals surface area contributed by atoms with E-state index in [9.17, 15) is 19.7 Å². The third-order valence-electron chi connectivity index (χ3n) is 5.86. The zero-order valence-corrected chi connectivity index (χ0v) is 17.9. The van der Waals surface area contributed by atoms with Gasteiger partial charge in [-0.1, -0.05) is 17.3 Å². The Morgan fingerprint density at radius 2 is 1.97 bits per heavy atom. The molecule has 12 nitrogen and oxygen atoms in total. The zero-order chi connectivity index (χ0) is 23.7.